The molecule has 0 spiro atoms. The van der Waals surface area contributed by atoms with Crippen LogP contribution in [0.2, 0.25) is 5.02 Å². The van der Waals surface area contributed by atoms with Gasteiger partial charge in [0.05, 0.1) is 0 Å². The van der Waals surface area contributed by atoms with E-state index in [0.717, 1.165) is 68.8 Å². The van der Waals surface area contributed by atoms with E-state index < -0.39 is 26.6 Å². The van der Waals surface area contributed by atoms with E-state index in [4.69, 9.17) is 11.6 Å². The van der Waals surface area contributed by atoms with E-state index in [1.807, 2.05) is 12.1 Å². The van der Waals surface area contributed by atoms with Gasteiger partial charge in [-0.3, -0.25) is 4.90 Å². The minimum atomic E-state index is -4.05. The standard InChI is InChI=1S/C23H27ClF2N2O2S/c24-18-6-4-16(5-7-18)14-17-10-12-28(13-11-17)22-3-1-2-21(22)27-31(29,30)23-9-8-19(25)15-20(23)26/h4-9,15,17,21-22,27H,1-3,10-14H2. The van der Waals surface area contributed by atoms with Crippen molar-refractivity contribution in [3.05, 3.63) is 64.7 Å². The third-order valence-corrected chi connectivity index (χ3v) is 8.30. The fourth-order valence-electron chi connectivity index (χ4n) is 4.91. The lowest BCUT2D eigenvalue weighted by Crippen LogP contribution is -2.51. The number of sulfonamides is 1. The summed E-state index contributed by atoms with van der Waals surface area (Å²) < 4.78 is 55.3. The van der Waals surface area contributed by atoms with Crippen molar-refractivity contribution in [2.24, 2.45) is 5.92 Å². The summed E-state index contributed by atoms with van der Waals surface area (Å²) >= 11 is 5.97. The zero-order valence-electron chi connectivity index (χ0n) is 17.2. The van der Waals surface area contributed by atoms with Gasteiger partial charge < -0.3 is 0 Å². The molecule has 2 unspecified atom stereocenters. The number of nitrogens with one attached hydrogen (secondary N) is 1. The van der Waals surface area contributed by atoms with Crippen molar-refractivity contribution in [1.29, 1.82) is 0 Å². The predicted molar refractivity (Wildman–Crippen MR) is 118 cm³/mol. The molecule has 2 aromatic carbocycles. The first-order valence-electron chi connectivity index (χ1n) is 10.8. The maximum atomic E-state index is 14.0. The summed E-state index contributed by atoms with van der Waals surface area (Å²) in [6, 6.07) is 10.4. The first kappa shape index (κ1) is 22.6. The molecule has 1 aliphatic heterocycles. The van der Waals surface area contributed by atoms with Crippen LogP contribution in [0.1, 0.15) is 37.7 Å². The lowest BCUT2D eigenvalue weighted by Gasteiger charge is -2.38. The fourth-order valence-corrected chi connectivity index (χ4v) is 6.40. The number of halogens is 3. The number of benzene rings is 2. The molecule has 31 heavy (non-hydrogen) atoms. The normalized spacial score (nSPS) is 23.3. The van der Waals surface area contributed by atoms with E-state index in [1.165, 1.54) is 5.56 Å². The Bertz CT molecular complexity index is 1010. The van der Waals surface area contributed by atoms with Gasteiger partial charge in [0.2, 0.25) is 10.0 Å². The summed E-state index contributed by atoms with van der Waals surface area (Å²) in [4.78, 5) is 1.88. The van der Waals surface area contributed by atoms with E-state index in [1.54, 1.807) is 0 Å². The molecule has 2 atom stereocenters. The van der Waals surface area contributed by atoms with Gasteiger partial charge in [0.25, 0.3) is 0 Å². The Morgan fingerprint density at radius 3 is 2.39 bits per heavy atom. The van der Waals surface area contributed by atoms with E-state index in [2.05, 4.69) is 21.8 Å². The van der Waals surface area contributed by atoms with Gasteiger partial charge in [-0.25, -0.2) is 21.9 Å². The number of rotatable bonds is 6. The molecule has 2 fully saturated rings. The van der Waals surface area contributed by atoms with Crippen LogP contribution in [0.15, 0.2) is 47.4 Å². The molecule has 1 saturated heterocycles. The highest BCUT2D eigenvalue weighted by Gasteiger charge is 2.37. The number of hydrogen-bond donors (Lipinski definition) is 1. The van der Waals surface area contributed by atoms with Crippen LogP contribution in [0.25, 0.3) is 0 Å². The Morgan fingerprint density at radius 1 is 1.00 bits per heavy atom. The molecule has 1 saturated carbocycles. The van der Waals surface area contributed by atoms with Gasteiger partial charge in [0.15, 0.2) is 0 Å². The molecule has 0 radical (unpaired) electrons. The maximum Gasteiger partial charge on any atom is 0.243 e. The second kappa shape index (κ2) is 9.53. The summed E-state index contributed by atoms with van der Waals surface area (Å²) in [7, 11) is -4.05. The van der Waals surface area contributed by atoms with Gasteiger partial charge in [-0.1, -0.05) is 30.2 Å². The molecule has 1 N–H and O–H groups in total. The molecule has 2 aromatic rings. The van der Waals surface area contributed by atoms with Gasteiger partial charge in [-0.2, -0.15) is 0 Å². The minimum Gasteiger partial charge on any atom is -0.299 e. The number of piperidine rings is 1. The molecule has 4 rings (SSSR count). The van der Waals surface area contributed by atoms with Crippen molar-refractivity contribution in [1.82, 2.24) is 9.62 Å². The number of nitrogens with zero attached hydrogens (tertiary/aromatic N) is 1. The molecular formula is C23H27ClF2N2O2S. The van der Waals surface area contributed by atoms with Crippen molar-refractivity contribution < 1.29 is 17.2 Å². The van der Waals surface area contributed by atoms with Crippen molar-refractivity contribution >= 4 is 21.6 Å². The Hall–Kier alpha value is -1.54. The lowest BCUT2D eigenvalue weighted by molar-refractivity contribution is 0.122. The van der Waals surface area contributed by atoms with Crippen LogP contribution < -0.4 is 4.72 Å². The molecule has 168 valence electrons. The fraction of sp³-hybridized carbons (Fsp3) is 0.478. The van der Waals surface area contributed by atoms with Gasteiger partial charge in [-0.15, -0.1) is 0 Å². The molecule has 0 amide bonds. The van der Waals surface area contributed by atoms with E-state index in [9.17, 15) is 17.2 Å². The Morgan fingerprint density at radius 2 is 1.71 bits per heavy atom. The van der Waals surface area contributed by atoms with Crippen molar-refractivity contribution in [2.75, 3.05) is 13.1 Å². The largest absolute Gasteiger partial charge is 0.299 e. The topological polar surface area (TPSA) is 49.4 Å². The molecule has 1 heterocycles. The van der Waals surface area contributed by atoms with Crippen LogP contribution in [-0.2, 0) is 16.4 Å². The van der Waals surface area contributed by atoms with Crippen LogP contribution in [0.5, 0.6) is 0 Å². The highest BCUT2D eigenvalue weighted by atomic mass is 35.5. The molecule has 2 aliphatic rings. The van der Waals surface area contributed by atoms with Gasteiger partial charge >= 0.3 is 0 Å². The Kier molecular flexibility index (Phi) is 6.96. The average molecular weight is 469 g/mol. The minimum absolute atomic E-state index is 0.106. The highest BCUT2D eigenvalue weighted by molar-refractivity contribution is 7.89. The molecule has 4 nitrogen and oxygen atoms in total. The summed E-state index contributed by atoms with van der Waals surface area (Å²) in [5.41, 5.74) is 1.29. The van der Waals surface area contributed by atoms with E-state index >= 15 is 0 Å². The maximum absolute atomic E-state index is 14.0. The smallest absolute Gasteiger partial charge is 0.243 e. The van der Waals surface area contributed by atoms with Crippen LogP contribution in [0, 0.1) is 17.6 Å². The molecule has 8 heteroatoms. The number of hydrogen-bond acceptors (Lipinski definition) is 3. The summed E-state index contributed by atoms with van der Waals surface area (Å²) in [5, 5.41) is 0.744. The zero-order valence-corrected chi connectivity index (χ0v) is 18.8. The third kappa shape index (κ3) is 5.45. The molecule has 1 aliphatic carbocycles. The summed E-state index contributed by atoms with van der Waals surface area (Å²) in [6.07, 6.45) is 5.71. The van der Waals surface area contributed by atoms with E-state index in [0.29, 0.717) is 12.0 Å². The van der Waals surface area contributed by atoms with Crippen molar-refractivity contribution in [2.45, 2.75) is 55.5 Å². The first-order chi connectivity index (χ1) is 14.8. The Labute approximate surface area is 187 Å². The Balaban J connectivity index is 1.36. The van der Waals surface area contributed by atoms with Crippen LogP contribution in [-0.4, -0.2) is 38.5 Å². The highest BCUT2D eigenvalue weighted by Crippen LogP contribution is 2.31. The van der Waals surface area contributed by atoms with Crippen molar-refractivity contribution in [3.8, 4) is 0 Å². The second-order valence-corrected chi connectivity index (χ2v) is 10.7. The second-order valence-electron chi connectivity index (χ2n) is 8.61. The van der Waals surface area contributed by atoms with Crippen LogP contribution >= 0.6 is 11.6 Å². The van der Waals surface area contributed by atoms with Gasteiger partial charge in [-0.05, 0) is 80.9 Å². The lowest BCUT2D eigenvalue weighted by atomic mass is 9.89. The molecular weight excluding hydrogens is 442 g/mol. The van der Waals surface area contributed by atoms with Crippen molar-refractivity contribution in [3.63, 3.8) is 0 Å². The van der Waals surface area contributed by atoms with E-state index in [-0.39, 0.29) is 12.1 Å². The molecule has 0 aromatic heterocycles. The summed E-state index contributed by atoms with van der Waals surface area (Å²) in [6.45, 7) is 1.85. The monoisotopic (exact) mass is 468 g/mol. The first-order valence-corrected chi connectivity index (χ1v) is 12.6. The molecule has 0 bridgehead atoms. The summed E-state index contributed by atoms with van der Waals surface area (Å²) in [5.74, 6) is -1.26. The third-order valence-electron chi connectivity index (χ3n) is 6.53. The van der Waals surface area contributed by atoms with Gasteiger partial charge in [0, 0.05) is 23.2 Å². The predicted octanol–water partition coefficient (Wildman–Crippen LogP) is 4.77. The van der Waals surface area contributed by atoms with Gasteiger partial charge in [0.1, 0.15) is 16.5 Å². The quantitative estimate of drug-likeness (QED) is 0.664. The van der Waals surface area contributed by atoms with Crippen LogP contribution in [0.3, 0.4) is 0 Å². The number of likely N-dealkylation sites (tertiary alicyclic amines) is 1. The zero-order chi connectivity index (χ0) is 22.0. The SMILES string of the molecule is O=S(=O)(NC1CCCC1N1CCC(Cc2ccc(Cl)cc2)CC1)c1ccc(F)cc1F. The van der Waals surface area contributed by atoms with Crippen LogP contribution in [0.4, 0.5) is 8.78 Å². The average Bonchev–Trinajstić information content (AvgIpc) is 3.17.